The molecule has 1 aromatic carbocycles. The molecule has 2 rings (SSSR count). The first kappa shape index (κ1) is 11.5. The van der Waals surface area contributed by atoms with Crippen LogP contribution in [0.1, 0.15) is 38.2 Å². The van der Waals surface area contributed by atoms with Crippen molar-refractivity contribution in [3.05, 3.63) is 39.2 Å². The molecular formula is C13H15BrCl. The monoisotopic (exact) mass is 285 g/mol. The third kappa shape index (κ3) is 2.76. The smallest absolute Gasteiger partial charge is 0.0417 e. The van der Waals surface area contributed by atoms with E-state index in [1.54, 1.807) is 5.92 Å². The van der Waals surface area contributed by atoms with Crippen molar-refractivity contribution in [1.29, 1.82) is 0 Å². The minimum atomic E-state index is 0.803. The highest BCUT2D eigenvalue weighted by atomic mass is 79.9. The summed E-state index contributed by atoms with van der Waals surface area (Å²) in [6, 6.07) is 6.09. The molecule has 1 radical (unpaired) electrons. The Hall–Kier alpha value is -0.0100. The number of benzene rings is 1. The molecule has 1 saturated carbocycles. The van der Waals surface area contributed by atoms with Crippen LogP contribution in [0.2, 0.25) is 5.02 Å². The van der Waals surface area contributed by atoms with Gasteiger partial charge in [0.1, 0.15) is 0 Å². The molecule has 0 aliphatic heterocycles. The van der Waals surface area contributed by atoms with E-state index in [2.05, 4.69) is 28.9 Å². The fourth-order valence-electron chi connectivity index (χ4n) is 2.01. The van der Waals surface area contributed by atoms with Gasteiger partial charge in [-0.2, -0.15) is 0 Å². The summed E-state index contributed by atoms with van der Waals surface area (Å²) >= 11 is 9.50. The van der Waals surface area contributed by atoms with Crippen LogP contribution in [-0.2, 0) is 0 Å². The van der Waals surface area contributed by atoms with Crippen LogP contribution in [0.5, 0.6) is 0 Å². The van der Waals surface area contributed by atoms with Crippen LogP contribution < -0.4 is 0 Å². The molecule has 1 atom stereocenters. The summed E-state index contributed by atoms with van der Waals surface area (Å²) in [6.45, 7) is 2.25. The Morgan fingerprint density at radius 1 is 1.47 bits per heavy atom. The Morgan fingerprint density at radius 3 is 2.93 bits per heavy atom. The molecule has 0 N–H and O–H groups in total. The second kappa shape index (κ2) is 4.88. The van der Waals surface area contributed by atoms with Crippen LogP contribution >= 0.6 is 27.5 Å². The molecule has 81 valence electrons. The van der Waals surface area contributed by atoms with Gasteiger partial charge in [-0.15, -0.1) is 0 Å². The van der Waals surface area contributed by atoms with Crippen LogP contribution in [0.15, 0.2) is 22.7 Å². The summed E-state index contributed by atoms with van der Waals surface area (Å²) in [5.41, 5.74) is 1.36. The molecule has 2 heteroatoms. The first-order valence-electron chi connectivity index (χ1n) is 5.53. The summed E-state index contributed by atoms with van der Waals surface area (Å²) in [7, 11) is 0. The largest absolute Gasteiger partial charge is 0.0843 e. The van der Waals surface area contributed by atoms with Gasteiger partial charge in [0.25, 0.3) is 0 Å². The van der Waals surface area contributed by atoms with Gasteiger partial charge in [-0.3, -0.25) is 0 Å². The van der Waals surface area contributed by atoms with Gasteiger partial charge >= 0.3 is 0 Å². The Bertz CT molecular complexity index is 348. The zero-order valence-corrected chi connectivity index (χ0v) is 11.2. The highest BCUT2D eigenvalue weighted by Gasteiger charge is 2.39. The Balaban J connectivity index is 2.00. The first-order valence-corrected chi connectivity index (χ1v) is 6.70. The zero-order valence-electron chi connectivity index (χ0n) is 8.89. The van der Waals surface area contributed by atoms with E-state index in [-0.39, 0.29) is 0 Å². The predicted molar refractivity (Wildman–Crippen MR) is 69.1 cm³/mol. The maximum Gasteiger partial charge on any atom is 0.0417 e. The standard InChI is InChI=1S/C13H15BrCl/c1-2-3-4-9-7-12(9)11-6-5-10(15)8-13(11)14/h5-6,8-9H,2-4,7H2,1H3. The van der Waals surface area contributed by atoms with Gasteiger partial charge in [0.15, 0.2) is 0 Å². The topological polar surface area (TPSA) is 0 Å². The number of unbranched alkanes of at least 4 members (excludes halogenated alkanes) is 1. The van der Waals surface area contributed by atoms with Crippen molar-refractivity contribution >= 4 is 27.5 Å². The van der Waals surface area contributed by atoms with Crippen LogP contribution in [0.25, 0.3) is 0 Å². The van der Waals surface area contributed by atoms with Crippen LogP contribution in [0, 0.1) is 11.8 Å². The van der Waals surface area contributed by atoms with Gasteiger partial charge in [0.2, 0.25) is 0 Å². The van der Waals surface area contributed by atoms with Crippen LogP contribution in [0.4, 0.5) is 0 Å². The van der Waals surface area contributed by atoms with Gasteiger partial charge in [0.05, 0.1) is 0 Å². The Morgan fingerprint density at radius 2 is 2.27 bits per heavy atom. The molecule has 1 fully saturated rings. The second-order valence-electron chi connectivity index (χ2n) is 4.19. The molecule has 1 aliphatic rings. The maximum absolute atomic E-state index is 5.92. The summed E-state index contributed by atoms with van der Waals surface area (Å²) in [5, 5.41) is 0.803. The van der Waals surface area contributed by atoms with E-state index < -0.39 is 0 Å². The summed E-state index contributed by atoms with van der Waals surface area (Å²) in [5.74, 6) is 2.44. The fourth-order valence-corrected chi connectivity index (χ4v) is 2.95. The molecule has 0 spiro atoms. The molecule has 0 heterocycles. The highest BCUT2D eigenvalue weighted by molar-refractivity contribution is 9.10. The lowest BCUT2D eigenvalue weighted by atomic mass is 10.1. The lowest BCUT2D eigenvalue weighted by molar-refractivity contribution is 0.661. The van der Waals surface area contributed by atoms with Gasteiger partial charge in [-0.1, -0.05) is 53.4 Å². The van der Waals surface area contributed by atoms with E-state index in [1.807, 2.05) is 12.1 Å². The molecular weight excluding hydrogens is 272 g/mol. The first-order chi connectivity index (χ1) is 7.22. The maximum atomic E-state index is 5.92. The quantitative estimate of drug-likeness (QED) is 0.710. The molecule has 0 nitrogen and oxygen atoms in total. The Kier molecular flexibility index (Phi) is 3.73. The molecule has 1 aliphatic carbocycles. The van der Waals surface area contributed by atoms with E-state index in [0.29, 0.717) is 0 Å². The van der Waals surface area contributed by atoms with Gasteiger partial charge < -0.3 is 0 Å². The van der Waals surface area contributed by atoms with Crippen molar-refractivity contribution in [2.45, 2.75) is 32.6 Å². The van der Waals surface area contributed by atoms with Crippen molar-refractivity contribution < 1.29 is 0 Å². The molecule has 1 aromatic rings. The average Bonchev–Trinajstić information content (AvgIpc) is 2.94. The minimum Gasteiger partial charge on any atom is -0.0843 e. The summed E-state index contributed by atoms with van der Waals surface area (Å²) < 4.78 is 1.14. The number of rotatable bonds is 4. The molecule has 0 saturated heterocycles. The van der Waals surface area contributed by atoms with Crippen molar-refractivity contribution in [3.63, 3.8) is 0 Å². The summed E-state index contributed by atoms with van der Waals surface area (Å²) in [4.78, 5) is 0. The van der Waals surface area contributed by atoms with Crippen molar-refractivity contribution in [2.75, 3.05) is 0 Å². The fraction of sp³-hybridized carbons (Fsp3) is 0.462. The molecule has 0 aromatic heterocycles. The molecule has 1 unspecified atom stereocenters. The van der Waals surface area contributed by atoms with Crippen molar-refractivity contribution in [1.82, 2.24) is 0 Å². The number of hydrogen-bond acceptors (Lipinski definition) is 0. The number of halogens is 2. The number of hydrogen-bond donors (Lipinski definition) is 0. The highest BCUT2D eigenvalue weighted by Crippen LogP contribution is 2.51. The van der Waals surface area contributed by atoms with E-state index in [4.69, 9.17) is 11.6 Å². The van der Waals surface area contributed by atoms with Crippen LogP contribution in [-0.4, -0.2) is 0 Å². The third-order valence-corrected chi connectivity index (χ3v) is 3.87. The van der Waals surface area contributed by atoms with E-state index >= 15 is 0 Å². The third-order valence-electron chi connectivity index (χ3n) is 2.98. The lowest BCUT2D eigenvalue weighted by Gasteiger charge is -2.03. The van der Waals surface area contributed by atoms with Crippen LogP contribution in [0.3, 0.4) is 0 Å². The van der Waals surface area contributed by atoms with E-state index in [0.717, 1.165) is 15.4 Å². The molecule has 15 heavy (non-hydrogen) atoms. The predicted octanol–water partition coefficient (Wildman–Crippen LogP) is 5.24. The zero-order chi connectivity index (χ0) is 10.8. The minimum absolute atomic E-state index is 0.803. The summed E-state index contributed by atoms with van der Waals surface area (Å²) in [6.07, 6.45) is 5.27. The second-order valence-corrected chi connectivity index (χ2v) is 5.48. The lowest BCUT2D eigenvalue weighted by Crippen LogP contribution is -1.87. The van der Waals surface area contributed by atoms with Crippen molar-refractivity contribution in [3.8, 4) is 0 Å². The van der Waals surface area contributed by atoms with Gasteiger partial charge in [-0.25, -0.2) is 0 Å². The van der Waals surface area contributed by atoms with Gasteiger partial charge in [-0.05, 0) is 36.5 Å². The van der Waals surface area contributed by atoms with Crippen molar-refractivity contribution in [2.24, 2.45) is 5.92 Å². The van der Waals surface area contributed by atoms with E-state index in [9.17, 15) is 0 Å². The average molecular weight is 287 g/mol. The molecule has 0 bridgehead atoms. The SMILES string of the molecule is CCCCC1C[C]1c1ccc(Cl)cc1Br. The van der Waals surface area contributed by atoms with Gasteiger partial charge in [0, 0.05) is 15.4 Å². The van der Waals surface area contributed by atoms with E-state index in [1.165, 1.54) is 31.2 Å². The normalized spacial score (nSPS) is 20.6. The Labute approximate surface area is 105 Å². The molecule has 0 amide bonds.